The van der Waals surface area contributed by atoms with Crippen molar-refractivity contribution < 1.29 is 4.79 Å². The van der Waals surface area contributed by atoms with Crippen molar-refractivity contribution in [1.82, 2.24) is 15.5 Å². The summed E-state index contributed by atoms with van der Waals surface area (Å²) in [6.07, 6.45) is 6.76. The fourth-order valence-electron chi connectivity index (χ4n) is 4.08. The molecule has 2 rings (SSSR count). The first-order valence-corrected chi connectivity index (χ1v) is 8.62. The molecule has 2 aliphatic heterocycles. The van der Waals surface area contributed by atoms with Gasteiger partial charge in [0.1, 0.15) is 0 Å². The summed E-state index contributed by atoms with van der Waals surface area (Å²) in [6.45, 7) is 5.38. The summed E-state index contributed by atoms with van der Waals surface area (Å²) in [7, 11) is 4.15. The summed E-state index contributed by atoms with van der Waals surface area (Å²) in [5.41, 5.74) is 0. The molecule has 1 amide bonds. The van der Waals surface area contributed by atoms with Crippen LogP contribution < -0.4 is 10.6 Å². The molecule has 2 bridgehead atoms. The number of amides is 1. The maximum Gasteiger partial charge on any atom is 0.220 e. The second-order valence-electron chi connectivity index (χ2n) is 7.84. The van der Waals surface area contributed by atoms with Gasteiger partial charge in [-0.25, -0.2) is 0 Å². The van der Waals surface area contributed by atoms with E-state index in [1.54, 1.807) is 0 Å². The molecule has 4 heteroatoms. The normalized spacial score (nSPS) is 29.9. The molecule has 0 radical (unpaired) electrons. The van der Waals surface area contributed by atoms with Gasteiger partial charge in [0.25, 0.3) is 0 Å². The highest BCUT2D eigenvalue weighted by atomic mass is 16.1. The Hall–Kier alpha value is -0.610. The van der Waals surface area contributed by atoms with Gasteiger partial charge in [-0.3, -0.25) is 4.79 Å². The molecule has 2 aliphatic rings. The average molecular weight is 295 g/mol. The van der Waals surface area contributed by atoms with Crippen LogP contribution in [0.2, 0.25) is 0 Å². The molecule has 21 heavy (non-hydrogen) atoms. The van der Waals surface area contributed by atoms with E-state index in [2.05, 4.69) is 43.5 Å². The van der Waals surface area contributed by atoms with E-state index in [0.29, 0.717) is 23.9 Å². The summed E-state index contributed by atoms with van der Waals surface area (Å²) in [5.74, 6) is 1.46. The molecule has 0 aromatic heterocycles. The molecule has 4 nitrogen and oxygen atoms in total. The Labute approximate surface area is 130 Å². The van der Waals surface area contributed by atoms with E-state index in [1.165, 1.54) is 25.7 Å². The van der Waals surface area contributed by atoms with Crippen molar-refractivity contribution in [3.8, 4) is 0 Å². The molecule has 0 aliphatic carbocycles. The van der Waals surface area contributed by atoms with Gasteiger partial charge in [0.2, 0.25) is 5.91 Å². The molecule has 0 spiro atoms. The third kappa shape index (κ3) is 5.59. The van der Waals surface area contributed by atoms with Crippen LogP contribution in [0.25, 0.3) is 0 Å². The molecule has 0 aromatic carbocycles. The summed E-state index contributed by atoms with van der Waals surface area (Å²) < 4.78 is 0. The highest BCUT2D eigenvalue weighted by Crippen LogP contribution is 2.32. The number of hydrogen-bond acceptors (Lipinski definition) is 3. The first-order chi connectivity index (χ1) is 9.92. The number of hydrogen-bond donors (Lipinski definition) is 2. The fraction of sp³-hybridized carbons (Fsp3) is 0.941. The Morgan fingerprint density at radius 1 is 1.24 bits per heavy atom. The third-order valence-electron chi connectivity index (χ3n) is 4.75. The molecule has 2 heterocycles. The molecule has 122 valence electrons. The second-order valence-corrected chi connectivity index (χ2v) is 7.84. The van der Waals surface area contributed by atoms with E-state index < -0.39 is 0 Å². The lowest BCUT2D eigenvalue weighted by Crippen LogP contribution is -2.44. The predicted molar refractivity (Wildman–Crippen MR) is 87.2 cm³/mol. The lowest BCUT2D eigenvalue weighted by atomic mass is 9.89. The van der Waals surface area contributed by atoms with E-state index in [9.17, 15) is 4.79 Å². The van der Waals surface area contributed by atoms with E-state index >= 15 is 0 Å². The van der Waals surface area contributed by atoms with Crippen LogP contribution in [0, 0.1) is 11.8 Å². The van der Waals surface area contributed by atoms with Crippen LogP contribution in [0.4, 0.5) is 0 Å². The Bertz CT molecular complexity index is 321. The minimum absolute atomic E-state index is 0.258. The average Bonchev–Trinajstić information content (AvgIpc) is 2.66. The van der Waals surface area contributed by atoms with Gasteiger partial charge in [-0.2, -0.15) is 0 Å². The van der Waals surface area contributed by atoms with Crippen molar-refractivity contribution in [2.75, 3.05) is 20.6 Å². The third-order valence-corrected chi connectivity index (χ3v) is 4.75. The second kappa shape index (κ2) is 7.59. The van der Waals surface area contributed by atoms with Crippen LogP contribution in [-0.2, 0) is 4.79 Å². The SMILES string of the molecule is CC(C)CC(CN(C)C)NC(=O)CC1CC2CCC(C1)N2. The van der Waals surface area contributed by atoms with Crippen LogP contribution in [0.3, 0.4) is 0 Å². The maximum absolute atomic E-state index is 12.4. The van der Waals surface area contributed by atoms with E-state index in [1.807, 2.05) is 0 Å². The molecular formula is C17H33N3O. The van der Waals surface area contributed by atoms with Crippen LogP contribution >= 0.6 is 0 Å². The van der Waals surface area contributed by atoms with Crippen molar-refractivity contribution in [2.45, 2.75) is 70.5 Å². The van der Waals surface area contributed by atoms with Crippen molar-refractivity contribution in [3.05, 3.63) is 0 Å². The number of likely N-dealkylation sites (N-methyl/N-ethyl adjacent to an activating group) is 1. The Balaban J connectivity index is 1.78. The van der Waals surface area contributed by atoms with Gasteiger partial charge >= 0.3 is 0 Å². The van der Waals surface area contributed by atoms with Gasteiger partial charge in [0.15, 0.2) is 0 Å². The molecule has 2 fully saturated rings. The Morgan fingerprint density at radius 2 is 1.86 bits per heavy atom. The number of carbonyl (C=O) groups excluding carboxylic acids is 1. The molecular weight excluding hydrogens is 262 g/mol. The van der Waals surface area contributed by atoms with Crippen LogP contribution in [0.1, 0.15) is 52.4 Å². The van der Waals surface area contributed by atoms with E-state index in [4.69, 9.17) is 0 Å². The van der Waals surface area contributed by atoms with Gasteiger partial charge in [-0.15, -0.1) is 0 Å². The van der Waals surface area contributed by atoms with Gasteiger partial charge in [-0.05, 0) is 58.0 Å². The Morgan fingerprint density at radius 3 is 2.38 bits per heavy atom. The van der Waals surface area contributed by atoms with Crippen LogP contribution in [-0.4, -0.2) is 49.6 Å². The van der Waals surface area contributed by atoms with Crippen LogP contribution in [0.5, 0.6) is 0 Å². The molecule has 3 unspecified atom stereocenters. The zero-order valence-corrected chi connectivity index (χ0v) is 14.2. The number of carbonyl (C=O) groups is 1. The minimum Gasteiger partial charge on any atom is -0.352 e. The molecule has 0 saturated carbocycles. The summed E-state index contributed by atoms with van der Waals surface area (Å²) in [5, 5.41) is 6.92. The van der Waals surface area contributed by atoms with Gasteiger partial charge in [-0.1, -0.05) is 13.8 Å². The van der Waals surface area contributed by atoms with Crippen LogP contribution in [0.15, 0.2) is 0 Å². The standard InChI is InChI=1S/C17H33N3O/c1-12(2)7-16(11-20(3)4)19-17(21)10-13-8-14-5-6-15(9-13)18-14/h12-16,18H,5-11H2,1-4H3,(H,19,21). The first kappa shape index (κ1) is 16.8. The van der Waals surface area contributed by atoms with Crippen molar-refractivity contribution in [1.29, 1.82) is 0 Å². The number of nitrogens with zero attached hydrogens (tertiary/aromatic N) is 1. The zero-order valence-electron chi connectivity index (χ0n) is 14.2. The van der Waals surface area contributed by atoms with E-state index in [-0.39, 0.29) is 11.9 Å². The zero-order chi connectivity index (χ0) is 15.4. The number of fused-ring (bicyclic) bond motifs is 2. The largest absolute Gasteiger partial charge is 0.352 e. The Kier molecular flexibility index (Phi) is 6.06. The summed E-state index contributed by atoms with van der Waals surface area (Å²) in [4.78, 5) is 14.5. The van der Waals surface area contributed by atoms with Crippen molar-refractivity contribution >= 4 is 5.91 Å². The summed E-state index contributed by atoms with van der Waals surface area (Å²) in [6, 6.07) is 1.63. The smallest absolute Gasteiger partial charge is 0.220 e. The van der Waals surface area contributed by atoms with Crippen molar-refractivity contribution in [2.24, 2.45) is 11.8 Å². The quantitative estimate of drug-likeness (QED) is 0.755. The lowest BCUT2D eigenvalue weighted by molar-refractivity contribution is -0.123. The molecule has 0 aromatic rings. The van der Waals surface area contributed by atoms with Crippen molar-refractivity contribution in [3.63, 3.8) is 0 Å². The number of nitrogens with one attached hydrogen (secondary N) is 2. The maximum atomic E-state index is 12.4. The number of rotatable bonds is 7. The monoisotopic (exact) mass is 295 g/mol. The fourth-order valence-corrected chi connectivity index (χ4v) is 4.08. The lowest BCUT2D eigenvalue weighted by Gasteiger charge is -2.30. The first-order valence-electron chi connectivity index (χ1n) is 8.62. The number of piperidine rings is 1. The predicted octanol–water partition coefficient (Wildman–Crippen LogP) is 2.00. The van der Waals surface area contributed by atoms with Gasteiger partial charge < -0.3 is 15.5 Å². The minimum atomic E-state index is 0.258. The van der Waals surface area contributed by atoms with Gasteiger partial charge in [0, 0.05) is 31.1 Å². The molecule has 3 atom stereocenters. The highest BCUT2D eigenvalue weighted by molar-refractivity contribution is 5.76. The molecule has 2 saturated heterocycles. The van der Waals surface area contributed by atoms with E-state index in [0.717, 1.165) is 19.4 Å². The topological polar surface area (TPSA) is 44.4 Å². The highest BCUT2D eigenvalue weighted by Gasteiger charge is 2.34. The van der Waals surface area contributed by atoms with Gasteiger partial charge in [0.05, 0.1) is 0 Å². The summed E-state index contributed by atoms with van der Waals surface area (Å²) >= 11 is 0. The molecule has 2 N–H and O–H groups in total.